The lowest BCUT2D eigenvalue weighted by molar-refractivity contribution is -0.129. The van der Waals surface area contributed by atoms with E-state index in [1.54, 1.807) is 6.20 Å². The molecule has 0 unspecified atom stereocenters. The number of carbonyl (C=O) groups is 2. The topological polar surface area (TPSA) is 116 Å². The minimum absolute atomic E-state index is 0.198. The number of H-pyrrole nitrogens is 2. The number of fused-ring (bicyclic) bond motifs is 1. The Kier molecular flexibility index (Phi) is 6.49. The zero-order valence-electron chi connectivity index (χ0n) is 19.5. The molecule has 1 aliphatic carbocycles. The van der Waals surface area contributed by atoms with E-state index in [1.165, 1.54) is 0 Å². The Morgan fingerprint density at radius 1 is 1.00 bits per heavy atom. The van der Waals surface area contributed by atoms with Crippen molar-refractivity contribution in [3.05, 3.63) is 60.3 Å². The molecule has 1 saturated carbocycles. The smallest absolute Gasteiger partial charge is 0.248 e. The van der Waals surface area contributed by atoms with Crippen molar-refractivity contribution in [3.8, 4) is 22.4 Å². The molecule has 1 aliphatic rings. The molecule has 8 nitrogen and oxygen atoms in total. The molecule has 2 aromatic carbocycles. The maximum Gasteiger partial charge on any atom is 0.248 e. The zero-order valence-corrected chi connectivity index (χ0v) is 19.5. The van der Waals surface area contributed by atoms with Gasteiger partial charge in [-0.05, 0) is 41.7 Å². The van der Waals surface area contributed by atoms with Gasteiger partial charge in [-0.25, -0.2) is 18.7 Å². The number of carbonyl (C=O) groups excluding carboxylic acids is 2. The summed E-state index contributed by atoms with van der Waals surface area (Å²) in [6.45, 7) is 0.565. The van der Waals surface area contributed by atoms with Gasteiger partial charge in [0.25, 0.3) is 0 Å². The highest BCUT2D eigenvalue weighted by Crippen LogP contribution is 2.36. The molecule has 0 saturated heterocycles. The molecule has 0 spiro atoms. The molecular weight excluding hydrogens is 466 g/mol. The summed E-state index contributed by atoms with van der Waals surface area (Å²) in [5.74, 6) is -1.92. The molecule has 5 rings (SSSR count). The molecule has 2 amide bonds. The molecule has 2 heterocycles. The Morgan fingerprint density at radius 3 is 2.47 bits per heavy atom. The van der Waals surface area contributed by atoms with E-state index in [9.17, 15) is 18.4 Å². The second kappa shape index (κ2) is 9.88. The van der Waals surface area contributed by atoms with Crippen LogP contribution < -0.4 is 10.6 Å². The molecule has 1 fully saturated rings. The Hall–Kier alpha value is -4.08. The third-order valence-electron chi connectivity index (χ3n) is 6.56. The van der Waals surface area contributed by atoms with Crippen molar-refractivity contribution in [3.63, 3.8) is 0 Å². The minimum Gasteiger partial charge on any atom is -0.351 e. The monoisotopic (exact) mass is 492 g/mol. The predicted molar refractivity (Wildman–Crippen MR) is 131 cm³/mol. The number of rotatable bonds is 8. The highest BCUT2D eigenvalue weighted by Gasteiger charge is 2.37. The summed E-state index contributed by atoms with van der Waals surface area (Å²) in [6.07, 6.45) is 2.32. The number of hydrogen-bond donors (Lipinski definition) is 4. The van der Waals surface area contributed by atoms with Gasteiger partial charge in [0, 0.05) is 18.8 Å². The normalized spacial score (nSPS) is 15.6. The number of benzene rings is 2. The number of imidazole rings is 2. The van der Waals surface area contributed by atoms with Gasteiger partial charge in [0.15, 0.2) is 0 Å². The van der Waals surface area contributed by atoms with Crippen LogP contribution >= 0.6 is 0 Å². The van der Waals surface area contributed by atoms with Gasteiger partial charge >= 0.3 is 0 Å². The van der Waals surface area contributed by atoms with Gasteiger partial charge in [0.1, 0.15) is 11.6 Å². The molecule has 0 bridgehead atoms. The molecule has 4 N–H and O–H groups in total. The Labute approximate surface area is 205 Å². The van der Waals surface area contributed by atoms with Gasteiger partial charge in [-0.15, -0.1) is 0 Å². The van der Waals surface area contributed by atoms with Gasteiger partial charge < -0.3 is 20.6 Å². The maximum atomic E-state index is 13.3. The second-order valence-corrected chi connectivity index (χ2v) is 9.08. The Morgan fingerprint density at radius 2 is 1.72 bits per heavy atom. The fourth-order valence-electron chi connectivity index (χ4n) is 4.52. The number of aromatic nitrogens is 4. The fourth-order valence-corrected chi connectivity index (χ4v) is 4.52. The van der Waals surface area contributed by atoms with E-state index in [0.717, 1.165) is 33.4 Å². The largest absolute Gasteiger partial charge is 0.351 e. The lowest BCUT2D eigenvalue weighted by atomic mass is 9.86. The summed E-state index contributed by atoms with van der Waals surface area (Å²) in [6, 6.07) is 14.0. The molecule has 0 radical (unpaired) electrons. The average molecular weight is 493 g/mol. The lowest BCUT2D eigenvalue weighted by Gasteiger charge is -2.27. The predicted octanol–water partition coefficient (Wildman–Crippen LogP) is 4.31. The van der Waals surface area contributed by atoms with Crippen molar-refractivity contribution in [2.24, 2.45) is 5.92 Å². The molecule has 186 valence electrons. The van der Waals surface area contributed by atoms with Crippen LogP contribution in [0.4, 0.5) is 8.78 Å². The molecule has 36 heavy (non-hydrogen) atoms. The number of aromatic amines is 2. The average Bonchev–Trinajstić information content (AvgIpc) is 3.52. The first-order chi connectivity index (χ1) is 17.4. The summed E-state index contributed by atoms with van der Waals surface area (Å²) in [4.78, 5) is 38.1. The van der Waals surface area contributed by atoms with Gasteiger partial charge in [0.05, 0.1) is 36.0 Å². The molecule has 4 aromatic rings. The van der Waals surface area contributed by atoms with Crippen molar-refractivity contribution in [1.29, 1.82) is 0 Å². The SMILES string of the molecule is O=CNCc1ncc(-c2ccc(-c3ccc4nc(CNC(=O)C5CCC(F)(F)CC5)[nH]c4c3)cc2)[nH]1. The molecule has 0 atom stereocenters. The van der Waals surface area contributed by atoms with Crippen molar-refractivity contribution >= 4 is 23.4 Å². The van der Waals surface area contributed by atoms with Crippen LogP contribution in [-0.4, -0.2) is 38.2 Å². The summed E-state index contributed by atoms with van der Waals surface area (Å²) < 4.78 is 26.7. The number of halogens is 2. The summed E-state index contributed by atoms with van der Waals surface area (Å²) >= 11 is 0. The quantitative estimate of drug-likeness (QED) is 0.274. The van der Waals surface area contributed by atoms with Crippen LogP contribution in [0, 0.1) is 5.92 Å². The number of nitrogens with one attached hydrogen (secondary N) is 4. The van der Waals surface area contributed by atoms with E-state index >= 15 is 0 Å². The molecule has 2 aromatic heterocycles. The van der Waals surface area contributed by atoms with Crippen LogP contribution in [0.2, 0.25) is 0 Å². The fraction of sp³-hybridized carbons (Fsp3) is 0.308. The molecule has 0 aliphatic heterocycles. The summed E-state index contributed by atoms with van der Waals surface area (Å²) in [5, 5.41) is 5.41. The van der Waals surface area contributed by atoms with Crippen molar-refractivity contribution in [2.75, 3.05) is 0 Å². The van der Waals surface area contributed by atoms with E-state index in [0.29, 0.717) is 24.6 Å². The highest BCUT2D eigenvalue weighted by atomic mass is 19.3. The third-order valence-corrected chi connectivity index (χ3v) is 6.56. The van der Waals surface area contributed by atoms with Crippen LogP contribution in [0.15, 0.2) is 48.7 Å². The van der Waals surface area contributed by atoms with E-state index in [4.69, 9.17) is 0 Å². The zero-order chi connectivity index (χ0) is 25.1. The standard InChI is InChI=1S/C26H26F2N6O2/c27-26(28)9-7-18(8-10-26)25(36)31-14-24-32-20-6-5-19(11-21(20)33-24)16-1-3-17(4-2-16)22-12-30-23(34-22)13-29-15-35/h1-6,11-12,15,18H,7-10,13-14H2,(H,29,35)(H,30,34)(H,31,36)(H,32,33). The van der Waals surface area contributed by atoms with Crippen LogP contribution in [0.1, 0.15) is 37.3 Å². The summed E-state index contributed by atoms with van der Waals surface area (Å²) in [7, 11) is 0. The van der Waals surface area contributed by atoms with E-state index in [2.05, 4.69) is 30.6 Å². The molecule has 10 heteroatoms. The maximum absolute atomic E-state index is 13.3. The third kappa shape index (κ3) is 5.27. The number of hydrogen-bond acceptors (Lipinski definition) is 4. The molecular formula is C26H26F2N6O2. The number of alkyl halides is 2. The summed E-state index contributed by atoms with van der Waals surface area (Å²) in [5.41, 5.74) is 5.51. The van der Waals surface area contributed by atoms with Crippen molar-refractivity contribution < 1.29 is 18.4 Å². The van der Waals surface area contributed by atoms with Gasteiger partial charge in [-0.1, -0.05) is 30.3 Å². The van der Waals surface area contributed by atoms with Gasteiger partial charge in [0.2, 0.25) is 18.2 Å². The van der Waals surface area contributed by atoms with E-state index in [1.807, 2.05) is 42.5 Å². The van der Waals surface area contributed by atoms with Crippen LogP contribution in [0.25, 0.3) is 33.4 Å². The van der Waals surface area contributed by atoms with Crippen molar-refractivity contribution in [2.45, 2.75) is 44.7 Å². The van der Waals surface area contributed by atoms with Gasteiger partial charge in [-0.3, -0.25) is 9.59 Å². The van der Waals surface area contributed by atoms with E-state index in [-0.39, 0.29) is 44.1 Å². The minimum atomic E-state index is -2.65. The van der Waals surface area contributed by atoms with E-state index < -0.39 is 5.92 Å². The van der Waals surface area contributed by atoms with Crippen LogP contribution in [0.3, 0.4) is 0 Å². The Bertz CT molecular complexity index is 1370. The number of nitrogens with zero attached hydrogens (tertiary/aromatic N) is 2. The van der Waals surface area contributed by atoms with Crippen LogP contribution in [0.5, 0.6) is 0 Å². The van der Waals surface area contributed by atoms with Crippen LogP contribution in [-0.2, 0) is 22.7 Å². The van der Waals surface area contributed by atoms with Gasteiger partial charge in [-0.2, -0.15) is 0 Å². The number of amides is 2. The van der Waals surface area contributed by atoms with Crippen molar-refractivity contribution in [1.82, 2.24) is 30.6 Å². The second-order valence-electron chi connectivity index (χ2n) is 9.08. The lowest BCUT2D eigenvalue weighted by Crippen LogP contribution is -2.35. The first kappa shape index (κ1) is 23.7. The Balaban J connectivity index is 1.23. The first-order valence-electron chi connectivity index (χ1n) is 11.9. The highest BCUT2D eigenvalue weighted by molar-refractivity contribution is 5.83. The first-order valence-corrected chi connectivity index (χ1v) is 11.9.